The monoisotopic (exact) mass is 419 g/mol. The summed E-state index contributed by atoms with van der Waals surface area (Å²) < 4.78 is 44.2. The molecular weight excluding hydrogens is 395 g/mol. The molecule has 9 heteroatoms. The highest BCUT2D eigenvalue weighted by Gasteiger charge is 2.44. The number of fused-ring (bicyclic) bond motifs is 1. The van der Waals surface area contributed by atoms with E-state index < -0.39 is 17.5 Å². The van der Waals surface area contributed by atoms with Gasteiger partial charge in [0.1, 0.15) is 16.4 Å². The summed E-state index contributed by atoms with van der Waals surface area (Å²) in [5.74, 6) is 0.328. The summed E-state index contributed by atoms with van der Waals surface area (Å²) in [5.41, 5.74) is -0.454. The quantitative estimate of drug-likeness (QED) is 0.662. The van der Waals surface area contributed by atoms with Crippen LogP contribution < -0.4 is 0 Å². The number of pyridine rings is 1. The largest absolute Gasteiger partial charge is 0.444 e. The maximum absolute atomic E-state index is 12.9. The smallest absolute Gasteiger partial charge is 0.433 e. The Labute approximate surface area is 167 Å². The lowest BCUT2D eigenvalue weighted by Crippen LogP contribution is -2.39. The number of halogens is 4. The van der Waals surface area contributed by atoms with Gasteiger partial charge >= 0.3 is 12.3 Å². The second-order valence-corrected chi connectivity index (χ2v) is 8.92. The number of carbonyl (C=O) groups is 1. The second-order valence-electron chi connectivity index (χ2n) is 8.56. The maximum atomic E-state index is 12.9. The molecule has 3 heterocycles. The summed E-state index contributed by atoms with van der Waals surface area (Å²) in [5, 5.41) is -0.113. The van der Waals surface area contributed by atoms with Crippen LogP contribution in [0.25, 0.3) is 0 Å². The van der Waals surface area contributed by atoms with Gasteiger partial charge < -0.3 is 9.64 Å². The van der Waals surface area contributed by atoms with Crippen molar-refractivity contribution in [3.05, 3.63) is 28.0 Å². The van der Waals surface area contributed by atoms with E-state index >= 15 is 0 Å². The molecule has 0 saturated carbocycles. The van der Waals surface area contributed by atoms with Gasteiger partial charge in [0.2, 0.25) is 0 Å². The normalized spacial score (nSPS) is 23.2. The predicted octanol–water partition coefficient (Wildman–Crippen LogP) is 4.50. The van der Waals surface area contributed by atoms with Crippen LogP contribution in [0.3, 0.4) is 0 Å². The predicted molar refractivity (Wildman–Crippen MR) is 99.1 cm³/mol. The van der Waals surface area contributed by atoms with Crippen molar-refractivity contribution >= 4 is 17.7 Å². The molecule has 0 bridgehead atoms. The highest BCUT2D eigenvalue weighted by atomic mass is 35.5. The van der Waals surface area contributed by atoms with Crippen molar-refractivity contribution in [3.63, 3.8) is 0 Å². The van der Waals surface area contributed by atoms with Crippen molar-refractivity contribution in [2.24, 2.45) is 5.92 Å². The zero-order chi connectivity index (χ0) is 20.9. The number of likely N-dealkylation sites (tertiary alicyclic amines) is 2. The van der Waals surface area contributed by atoms with E-state index in [0.717, 1.165) is 19.0 Å². The highest BCUT2D eigenvalue weighted by Crippen LogP contribution is 2.36. The molecule has 0 N–H and O–H groups in total. The molecule has 1 unspecified atom stereocenters. The van der Waals surface area contributed by atoms with Gasteiger partial charge in [0.05, 0.1) is 0 Å². The summed E-state index contributed by atoms with van der Waals surface area (Å²) in [6, 6.07) is 1.18. The Hall–Kier alpha value is -1.54. The maximum Gasteiger partial charge on any atom is 0.433 e. The molecule has 3 rings (SSSR count). The van der Waals surface area contributed by atoms with Gasteiger partial charge in [0, 0.05) is 31.2 Å². The number of amides is 1. The zero-order valence-electron chi connectivity index (χ0n) is 16.4. The number of hydrogen-bond donors (Lipinski definition) is 0. The van der Waals surface area contributed by atoms with E-state index in [0.29, 0.717) is 36.7 Å². The van der Waals surface area contributed by atoms with Gasteiger partial charge in [0.25, 0.3) is 0 Å². The first-order valence-electron chi connectivity index (χ1n) is 9.30. The Bertz CT molecular complexity index is 741. The summed E-state index contributed by atoms with van der Waals surface area (Å²) >= 11 is 6.09. The molecule has 2 aliphatic heterocycles. The van der Waals surface area contributed by atoms with Crippen molar-refractivity contribution in [3.8, 4) is 0 Å². The first-order chi connectivity index (χ1) is 12.8. The average Bonchev–Trinajstić information content (AvgIpc) is 3.09. The Morgan fingerprint density at radius 1 is 1.32 bits per heavy atom. The van der Waals surface area contributed by atoms with Crippen LogP contribution in [0.1, 0.15) is 44.0 Å². The van der Waals surface area contributed by atoms with E-state index in [1.165, 1.54) is 0 Å². The summed E-state index contributed by atoms with van der Waals surface area (Å²) in [6.07, 6.45) is -3.92. The van der Waals surface area contributed by atoms with Gasteiger partial charge in [0.15, 0.2) is 0 Å². The first kappa shape index (κ1) is 21.2. The number of aromatic nitrogens is 1. The van der Waals surface area contributed by atoms with E-state index in [-0.39, 0.29) is 17.3 Å². The van der Waals surface area contributed by atoms with Crippen LogP contribution in [0.15, 0.2) is 6.07 Å². The third-order valence-corrected chi connectivity index (χ3v) is 5.58. The SMILES string of the molecule is Cc1cc(C(F)(F)F)nc(Cl)c1CN1CC[C@@H]2CN(C(=O)OC(C)(C)C)CC21. The van der Waals surface area contributed by atoms with Crippen LogP contribution in [0, 0.1) is 12.8 Å². The standard InChI is InChI=1S/C19H25ClF3N3O2/c1-11-7-15(19(21,22)23)24-16(20)13(11)9-25-6-5-12-8-26(10-14(12)25)17(27)28-18(2,3)4/h7,12,14H,5-6,8-10H2,1-4H3/t12-,14?/m1/s1. The van der Waals surface area contributed by atoms with Gasteiger partial charge in [-0.15, -0.1) is 0 Å². The van der Waals surface area contributed by atoms with Crippen molar-refractivity contribution in [1.29, 1.82) is 0 Å². The molecule has 0 spiro atoms. The molecule has 0 radical (unpaired) electrons. The minimum atomic E-state index is -4.52. The van der Waals surface area contributed by atoms with E-state index in [2.05, 4.69) is 9.88 Å². The van der Waals surface area contributed by atoms with Crippen molar-refractivity contribution in [2.75, 3.05) is 19.6 Å². The van der Waals surface area contributed by atoms with E-state index in [1.54, 1.807) is 11.8 Å². The summed E-state index contributed by atoms with van der Waals surface area (Å²) in [4.78, 5) is 19.8. The van der Waals surface area contributed by atoms with Gasteiger partial charge in [-0.2, -0.15) is 13.2 Å². The Kier molecular flexibility index (Phi) is 5.57. The molecule has 28 heavy (non-hydrogen) atoms. The molecule has 0 aliphatic carbocycles. The fraction of sp³-hybridized carbons (Fsp3) is 0.684. The minimum Gasteiger partial charge on any atom is -0.444 e. The van der Waals surface area contributed by atoms with Crippen LogP contribution in [-0.2, 0) is 17.5 Å². The van der Waals surface area contributed by atoms with Crippen LogP contribution in [0.5, 0.6) is 0 Å². The number of carbonyl (C=O) groups excluding carboxylic acids is 1. The number of nitrogens with zero attached hydrogens (tertiary/aromatic N) is 3. The lowest BCUT2D eigenvalue weighted by Gasteiger charge is -2.27. The lowest BCUT2D eigenvalue weighted by atomic mass is 10.0. The number of hydrogen-bond acceptors (Lipinski definition) is 4. The van der Waals surface area contributed by atoms with Crippen molar-refractivity contribution in [1.82, 2.24) is 14.8 Å². The number of alkyl halides is 3. The second kappa shape index (κ2) is 7.37. The number of aryl methyl sites for hydroxylation is 1. The first-order valence-corrected chi connectivity index (χ1v) is 9.68. The van der Waals surface area contributed by atoms with Gasteiger partial charge in [-0.05, 0) is 58.2 Å². The van der Waals surface area contributed by atoms with Crippen molar-refractivity contribution < 1.29 is 22.7 Å². The Morgan fingerprint density at radius 3 is 2.57 bits per heavy atom. The molecule has 2 atom stereocenters. The van der Waals surface area contributed by atoms with Crippen LogP contribution >= 0.6 is 11.6 Å². The third-order valence-electron chi connectivity index (χ3n) is 5.26. The van der Waals surface area contributed by atoms with Gasteiger partial charge in [-0.25, -0.2) is 9.78 Å². The highest BCUT2D eigenvalue weighted by molar-refractivity contribution is 6.30. The average molecular weight is 420 g/mol. The molecule has 1 aromatic rings. The Balaban J connectivity index is 1.71. The Morgan fingerprint density at radius 2 is 2.00 bits per heavy atom. The molecule has 2 fully saturated rings. The number of rotatable bonds is 2. The number of ether oxygens (including phenoxy) is 1. The minimum absolute atomic E-state index is 0.113. The molecule has 2 saturated heterocycles. The molecule has 5 nitrogen and oxygen atoms in total. The summed E-state index contributed by atoms with van der Waals surface area (Å²) in [6.45, 7) is 9.52. The van der Waals surface area contributed by atoms with Crippen LogP contribution in [0.4, 0.5) is 18.0 Å². The van der Waals surface area contributed by atoms with Gasteiger partial charge in [-0.1, -0.05) is 11.6 Å². The van der Waals surface area contributed by atoms with Crippen LogP contribution in [0.2, 0.25) is 5.15 Å². The zero-order valence-corrected chi connectivity index (χ0v) is 17.2. The van der Waals surface area contributed by atoms with E-state index in [4.69, 9.17) is 16.3 Å². The molecule has 1 amide bonds. The van der Waals surface area contributed by atoms with E-state index in [1.807, 2.05) is 20.8 Å². The van der Waals surface area contributed by atoms with Crippen molar-refractivity contribution in [2.45, 2.75) is 58.5 Å². The molecule has 0 aromatic carbocycles. The molecule has 1 aromatic heterocycles. The topological polar surface area (TPSA) is 45.7 Å². The molecule has 2 aliphatic rings. The van der Waals surface area contributed by atoms with E-state index in [9.17, 15) is 18.0 Å². The lowest BCUT2D eigenvalue weighted by molar-refractivity contribution is -0.141. The summed E-state index contributed by atoms with van der Waals surface area (Å²) in [7, 11) is 0. The van der Waals surface area contributed by atoms with Crippen LogP contribution in [-0.4, -0.2) is 52.2 Å². The van der Waals surface area contributed by atoms with Gasteiger partial charge in [-0.3, -0.25) is 4.90 Å². The molecule has 156 valence electrons. The third kappa shape index (κ3) is 4.54. The fourth-order valence-corrected chi connectivity index (χ4v) is 4.22. The molecular formula is C19H25ClF3N3O2. The fourth-order valence-electron chi connectivity index (χ4n) is 3.92.